The molecule has 16 heavy (non-hydrogen) atoms. The zero-order valence-electron chi connectivity index (χ0n) is 8.37. The molecule has 0 atom stereocenters. The number of nitrogens with two attached hydrogens (primary N) is 1. The van der Waals surface area contributed by atoms with Crippen molar-refractivity contribution < 1.29 is 5.11 Å². The van der Waals surface area contributed by atoms with Crippen LogP contribution in [0.25, 0.3) is 0 Å². The second-order valence-corrected chi connectivity index (χ2v) is 4.03. The van der Waals surface area contributed by atoms with Crippen molar-refractivity contribution in [2.75, 3.05) is 5.73 Å². The van der Waals surface area contributed by atoms with Crippen molar-refractivity contribution in [3.05, 3.63) is 36.2 Å². The molecule has 0 saturated heterocycles. The van der Waals surface area contributed by atoms with E-state index in [1.165, 1.54) is 17.8 Å². The summed E-state index contributed by atoms with van der Waals surface area (Å²) in [6.07, 6.45) is 3.50. The maximum atomic E-state index is 9.23. The quantitative estimate of drug-likeness (QED) is 0.617. The maximum absolute atomic E-state index is 9.23. The van der Waals surface area contributed by atoms with Crippen molar-refractivity contribution in [1.29, 1.82) is 0 Å². The van der Waals surface area contributed by atoms with E-state index in [2.05, 4.69) is 15.0 Å². The van der Waals surface area contributed by atoms with Gasteiger partial charge in [0.15, 0.2) is 5.16 Å². The Kier molecular flexibility index (Phi) is 3.21. The highest BCUT2D eigenvalue weighted by atomic mass is 32.2. The van der Waals surface area contributed by atoms with E-state index in [-0.39, 0.29) is 11.7 Å². The molecule has 0 radical (unpaired) electrons. The average Bonchev–Trinajstić information content (AvgIpc) is 2.27. The van der Waals surface area contributed by atoms with Gasteiger partial charge in [0, 0.05) is 24.2 Å². The maximum Gasteiger partial charge on any atom is 0.216 e. The van der Waals surface area contributed by atoms with Gasteiger partial charge in [-0.3, -0.25) is 4.98 Å². The molecular weight excluding hydrogens is 224 g/mol. The fourth-order valence-electron chi connectivity index (χ4n) is 1.13. The van der Waals surface area contributed by atoms with E-state index in [9.17, 15) is 5.11 Å². The molecule has 0 aliphatic rings. The van der Waals surface area contributed by atoms with Crippen molar-refractivity contribution in [3.63, 3.8) is 0 Å². The first-order valence-corrected chi connectivity index (χ1v) is 5.58. The van der Waals surface area contributed by atoms with Gasteiger partial charge in [-0.1, -0.05) is 17.8 Å². The summed E-state index contributed by atoms with van der Waals surface area (Å²) < 4.78 is 0. The van der Waals surface area contributed by atoms with Crippen LogP contribution in [-0.2, 0) is 5.75 Å². The van der Waals surface area contributed by atoms with E-state index < -0.39 is 0 Å². The van der Waals surface area contributed by atoms with Gasteiger partial charge in [0.2, 0.25) is 5.88 Å². The molecule has 0 amide bonds. The fourth-order valence-corrected chi connectivity index (χ4v) is 1.92. The lowest BCUT2D eigenvalue weighted by Gasteiger charge is -2.01. The summed E-state index contributed by atoms with van der Waals surface area (Å²) in [6.45, 7) is 0. The second kappa shape index (κ2) is 4.80. The molecule has 2 rings (SSSR count). The lowest BCUT2D eigenvalue weighted by Crippen LogP contribution is -1.94. The Hall–Kier alpha value is -1.82. The van der Waals surface area contributed by atoms with Crippen molar-refractivity contribution in [2.45, 2.75) is 10.9 Å². The number of aromatic hydroxyl groups is 1. The molecule has 0 unspecified atom stereocenters. The molecule has 0 spiro atoms. The number of hydrogen-bond donors (Lipinski definition) is 2. The predicted molar refractivity (Wildman–Crippen MR) is 61.9 cm³/mol. The van der Waals surface area contributed by atoms with Gasteiger partial charge in [0.1, 0.15) is 5.82 Å². The minimum Gasteiger partial charge on any atom is -0.493 e. The first-order chi connectivity index (χ1) is 7.74. The molecule has 2 aromatic rings. The summed E-state index contributed by atoms with van der Waals surface area (Å²) in [6, 6.07) is 5.15. The van der Waals surface area contributed by atoms with Crippen LogP contribution in [0.15, 0.2) is 35.7 Å². The Balaban J connectivity index is 2.05. The molecular formula is C10H10N4OS. The third-order valence-corrected chi connectivity index (χ3v) is 2.72. The monoisotopic (exact) mass is 234 g/mol. The smallest absolute Gasteiger partial charge is 0.216 e. The molecule has 6 heteroatoms. The Morgan fingerprint density at radius 1 is 1.38 bits per heavy atom. The van der Waals surface area contributed by atoms with Gasteiger partial charge in [-0.2, -0.15) is 4.98 Å². The van der Waals surface area contributed by atoms with E-state index in [1.807, 2.05) is 12.1 Å². The number of aromatic nitrogens is 3. The van der Waals surface area contributed by atoms with Gasteiger partial charge in [0.25, 0.3) is 0 Å². The van der Waals surface area contributed by atoms with E-state index >= 15 is 0 Å². The van der Waals surface area contributed by atoms with Crippen LogP contribution in [0.2, 0.25) is 0 Å². The van der Waals surface area contributed by atoms with Crippen LogP contribution in [-0.4, -0.2) is 20.1 Å². The van der Waals surface area contributed by atoms with Gasteiger partial charge in [-0.25, -0.2) is 4.98 Å². The molecule has 0 saturated carbocycles. The molecule has 2 aromatic heterocycles. The zero-order chi connectivity index (χ0) is 11.4. The summed E-state index contributed by atoms with van der Waals surface area (Å²) in [5.74, 6) is 0.846. The highest BCUT2D eigenvalue weighted by Gasteiger charge is 2.02. The van der Waals surface area contributed by atoms with E-state index in [0.717, 1.165) is 5.56 Å². The number of rotatable bonds is 3. The highest BCUT2D eigenvalue weighted by Crippen LogP contribution is 2.21. The van der Waals surface area contributed by atoms with Gasteiger partial charge in [0.05, 0.1) is 0 Å². The standard InChI is InChI=1S/C10H10N4OS/c11-8-4-9(15)14-10(13-8)16-6-7-2-1-3-12-5-7/h1-5H,6H2,(H3,11,13,14,15). The van der Waals surface area contributed by atoms with Gasteiger partial charge < -0.3 is 10.8 Å². The van der Waals surface area contributed by atoms with Crippen LogP contribution < -0.4 is 5.73 Å². The van der Waals surface area contributed by atoms with E-state index in [4.69, 9.17) is 5.73 Å². The molecule has 0 aliphatic carbocycles. The lowest BCUT2D eigenvalue weighted by molar-refractivity contribution is 0.446. The molecule has 0 aliphatic heterocycles. The molecule has 0 bridgehead atoms. The molecule has 82 valence electrons. The van der Waals surface area contributed by atoms with E-state index in [1.54, 1.807) is 12.4 Å². The highest BCUT2D eigenvalue weighted by molar-refractivity contribution is 7.98. The van der Waals surface area contributed by atoms with E-state index in [0.29, 0.717) is 10.9 Å². The van der Waals surface area contributed by atoms with Crippen LogP contribution >= 0.6 is 11.8 Å². The Morgan fingerprint density at radius 2 is 2.25 bits per heavy atom. The van der Waals surface area contributed by atoms with Crippen molar-refractivity contribution in [2.24, 2.45) is 0 Å². The van der Waals surface area contributed by atoms with Crippen LogP contribution in [0.1, 0.15) is 5.56 Å². The number of thioether (sulfide) groups is 1. The summed E-state index contributed by atoms with van der Waals surface area (Å²) >= 11 is 1.40. The minimum absolute atomic E-state index is 0.110. The largest absolute Gasteiger partial charge is 0.493 e. The number of pyridine rings is 1. The number of anilines is 1. The van der Waals surface area contributed by atoms with Crippen LogP contribution in [0.3, 0.4) is 0 Å². The van der Waals surface area contributed by atoms with Gasteiger partial charge in [-0.15, -0.1) is 0 Å². The van der Waals surface area contributed by atoms with Crippen molar-refractivity contribution in [3.8, 4) is 5.88 Å². The number of hydrogen-bond acceptors (Lipinski definition) is 6. The third-order valence-electron chi connectivity index (χ3n) is 1.80. The topological polar surface area (TPSA) is 84.9 Å². The predicted octanol–water partition coefficient (Wildman–Crippen LogP) is 1.45. The molecule has 2 heterocycles. The Labute approximate surface area is 96.8 Å². The number of nitrogen functional groups attached to an aromatic ring is 1. The van der Waals surface area contributed by atoms with Crippen LogP contribution in [0.5, 0.6) is 5.88 Å². The van der Waals surface area contributed by atoms with Crippen LogP contribution in [0.4, 0.5) is 5.82 Å². The Morgan fingerprint density at radius 3 is 2.94 bits per heavy atom. The molecule has 0 aromatic carbocycles. The Bertz CT molecular complexity index is 457. The SMILES string of the molecule is Nc1cc(O)nc(SCc2cccnc2)n1. The normalized spacial score (nSPS) is 10.2. The fraction of sp³-hybridized carbons (Fsp3) is 0.100. The summed E-state index contributed by atoms with van der Waals surface area (Å²) in [7, 11) is 0. The van der Waals surface area contributed by atoms with Crippen molar-refractivity contribution in [1.82, 2.24) is 15.0 Å². The lowest BCUT2D eigenvalue weighted by atomic mass is 10.3. The van der Waals surface area contributed by atoms with Crippen LogP contribution in [0, 0.1) is 0 Å². The molecule has 3 N–H and O–H groups in total. The summed E-state index contributed by atoms with van der Waals surface area (Å²) in [4.78, 5) is 11.9. The third kappa shape index (κ3) is 2.83. The first kappa shape index (κ1) is 10.7. The number of nitrogens with zero attached hydrogens (tertiary/aromatic N) is 3. The molecule has 5 nitrogen and oxygen atoms in total. The minimum atomic E-state index is -0.110. The summed E-state index contributed by atoms with van der Waals surface area (Å²) in [5, 5.41) is 9.69. The summed E-state index contributed by atoms with van der Waals surface area (Å²) in [5.41, 5.74) is 6.56. The van der Waals surface area contributed by atoms with Crippen molar-refractivity contribution >= 4 is 17.6 Å². The second-order valence-electron chi connectivity index (χ2n) is 3.08. The van der Waals surface area contributed by atoms with Gasteiger partial charge >= 0.3 is 0 Å². The first-order valence-electron chi connectivity index (χ1n) is 4.59. The zero-order valence-corrected chi connectivity index (χ0v) is 9.18. The van der Waals surface area contributed by atoms with Gasteiger partial charge in [-0.05, 0) is 11.6 Å². The molecule has 0 fully saturated rings. The average molecular weight is 234 g/mol.